The van der Waals surface area contributed by atoms with Crippen LogP contribution in [0.15, 0.2) is 6.07 Å². The van der Waals surface area contributed by atoms with Gasteiger partial charge in [0.25, 0.3) is 0 Å². The van der Waals surface area contributed by atoms with E-state index in [1.54, 1.807) is 7.11 Å². The molecule has 1 rings (SSSR count). The van der Waals surface area contributed by atoms with E-state index in [2.05, 4.69) is 9.27 Å². The van der Waals surface area contributed by atoms with Gasteiger partial charge < -0.3 is 15.4 Å². The summed E-state index contributed by atoms with van der Waals surface area (Å²) in [6, 6.07) is 1.86. The third kappa shape index (κ3) is 2.35. The molecular weight excluding hydrogens is 174 g/mol. The predicted octanol–water partition coefficient (Wildman–Crippen LogP) is 0.808. The number of nitrogens with zero attached hydrogens (tertiary/aromatic N) is 2. The molecule has 0 fully saturated rings. The summed E-state index contributed by atoms with van der Waals surface area (Å²) in [5.41, 5.74) is 5.49. The van der Waals surface area contributed by atoms with Crippen LogP contribution in [0.1, 0.15) is 0 Å². The SMILES string of the molecule is COCCN(C)c1cc(N)ns1. The van der Waals surface area contributed by atoms with Crippen LogP contribution in [0.2, 0.25) is 0 Å². The summed E-state index contributed by atoms with van der Waals surface area (Å²) in [7, 11) is 3.68. The number of rotatable bonds is 4. The molecule has 0 aliphatic heterocycles. The van der Waals surface area contributed by atoms with Crippen LogP contribution in [0.4, 0.5) is 10.8 Å². The van der Waals surface area contributed by atoms with Crippen molar-refractivity contribution in [2.24, 2.45) is 0 Å². The van der Waals surface area contributed by atoms with E-state index in [4.69, 9.17) is 10.5 Å². The molecule has 4 nitrogen and oxygen atoms in total. The first-order chi connectivity index (χ1) is 5.74. The molecule has 1 heterocycles. The first kappa shape index (κ1) is 9.28. The van der Waals surface area contributed by atoms with Crippen LogP contribution in [0.3, 0.4) is 0 Å². The zero-order valence-corrected chi connectivity index (χ0v) is 8.10. The molecule has 0 spiro atoms. The lowest BCUT2D eigenvalue weighted by atomic mass is 10.5. The van der Waals surface area contributed by atoms with Gasteiger partial charge >= 0.3 is 0 Å². The zero-order valence-electron chi connectivity index (χ0n) is 7.28. The van der Waals surface area contributed by atoms with Gasteiger partial charge in [-0.1, -0.05) is 0 Å². The van der Waals surface area contributed by atoms with Crippen molar-refractivity contribution in [2.75, 3.05) is 37.9 Å². The van der Waals surface area contributed by atoms with Crippen molar-refractivity contribution in [3.63, 3.8) is 0 Å². The average molecular weight is 187 g/mol. The van der Waals surface area contributed by atoms with Gasteiger partial charge in [-0.3, -0.25) is 0 Å². The van der Waals surface area contributed by atoms with Gasteiger partial charge in [0.15, 0.2) is 0 Å². The number of nitrogen functional groups attached to an aromatic ring is 1. The van der Waals surface area contributed by atoms with E-state index >= 15 is 0 Å². The van der Waals surface area contributed by atoms with Crippen molar-refractivity contribution in [3.05, 3.63) is 6.07 Å². The second-order valence-corrected chi connectivity index (χ2v) is 3.29. The topological polar surface area (TPSA) is 51.4 Å². The summed E-state index contributed by atoms with van der Waals surface area (Å²) in [5, 5.41) is 1.07. The maximum atomic E-state index is 5.49. The largest absolute Gasteiger partial charge is 0.383 e. The molecule has 0 saturated heterocycles. The van der Waals surface area contributed by atoms with Gasteiger partial charge in [-0.05, 0) is 11.5 Å². The van der Waals surface area contributed by atoms with Crippen LogP contribution in [0.25, 0.3) is 0 Å². The lowest BCUT2D eigenvalue weighted by molar-refractivity contribution is 0.206. The van der Waals surface area contributed by atoms with Crippen molar-refractivity contribution in [1.82, 2.24) is 4.37 Å². The predicted molar refractivity (Wildman–Crippen MR) is 51.7 cm³/mol. The van der Waals surface area contributed by atoms with Crippen molar-refractivity contribution >= 4 is 22.4 Å². The third-order valence-electron chi connectivity index (χ3n) is 1.52. The van der Waals surface area contributed by atoms with E-state index < -0.39 is 0 Å². The molecule has 1 aromatic rings. The Hall–Kier alpha value is -0.810. The highest BCUT2D eigenvalue weighted by atomic mass is 32.1. The normalized spacial score (nSPS) is 10.2. The number of likely N-dealkylation sites (N-methyl/N-ethyl adjacent to an activating group) is 1. The molecule has 0 atom stereocenters. The smallest absolute Gasteiger partial charge is 0.139 e. The van der Waals surface area contributed by atoms with Crippen LogP contribution in [-0.4, -0.2) is 31.7 Å². The van der Waals surface area contributed by atoms with Gasteiger partial charge in [-0.15, -0.1) is 0 Å². The minimum Gasteiger partial charge on any atom is -0.383 e. The molecule has 2 N–H and O–H groups in total. The Morgan fingerprint density at radius 1 is 1.75 bits per heavy atom. The first-order valence-corrected chi connectivity index (χ1v) is 4.43. The van der Waals surface area contributed by atoms with Gasteiger partial charge in [0.05, 0.1) is 6.61 Å². The summed E-state index contributed by atoms with van der Waals surface area (Å²) >= 11 is 1.40. The standard InChI is InChI=1S/C7H13N3OS/c1-10(3-4-11-2)7-5-6(8)9-12-7/h5H,3-4H2,1-2H3,(H2,8,9). The number of hydrogen-bond donors (Lipinski definition) is 1. The Balaban J connectivity index is 2.47. The van der Waals surface area contributed by atoms with E-state index in [-0.39, 0.29) is 0 Å². The molecule has 0 aliphatic rings. The molecule has 0 amide bonds. The molecule has 0 aliphatic carbocycles. The molecule has 1 aromatic heterocycles. The Morgan fingerprint density at radius 2 is 2.50 bits per heavy atom. The van der Waals surface area contributed by atoms with E-state index in [1.165, 1.54) is 11.5 Å². The highest BCUT2D eigenvalue weighted by molar-refractivity contribution is 7.10. The molecular formula is C7H13N3OS. The van der Waals surface area contributed by atoms with E-state index in [1.807, 2.05) is 13.1 Å². The van der Waals surface area contributed by atoms with E-state index in [0.717, 1.165) is 11.5 Å². The van der Waals surface area contributed by atoms with Gasteiger partial charge in [-0.2, -0.15) is 4.37 Å². The minimum absolute atomic E-state index is 0.583. The van der Waals surface area contributed by atoms with Crippen LogP contribution in [0, 0.1) is 0 Å². The Morgan fingerprint density at radius 3 is 3.00 bits per heavy atom. The number of aromatic nitrogens is 1. The average Bonchev–Trinajstić information content (AvgIpc) is 2.47. The van der Waals surface area contributed by atoms with Gasteiger partial charge in [0.2, 0.25) is 0 Å². The molecule has 0 unspecified atom stereocenters. The molecule has 5 heteroatoms. The Bertz CT molecular complexity index is 238. The maximum absolute atomic E-state index is 5.49. The summed E-state index contributed by atoms with van der Waals surface area (Å²) in [6.45, 7) is 1.58. The maximum Gasteiger partial charge on any atom is 0.139 e. The molecule has 0 saturated carbocycles. The van der Waals surface area contributed by atoms with Crippen LogP contribution in [-0.2, 0) is 4.74 Å². The molecule has 0 radical (unpaired) electrons. The number of methoxy groups -OCH3 is 1. The van der Waals surface area contributed by atoms with Crippen LogP contribution in [0.5, 0.6) is 0 Å². The zero-order chi connectivity index (χ0) is 8.97. The fraction of sp³-hybridized carbons (Fsp3) is 0.571. The summed E-state index contributed by atoms with van der Waals surface area (Å²) in [4.78, 5) is 2.07. The Labute approximate surface area is 76.1 Å². The summed E-state index contributed by atoms with van der Waals surface area (Å²) in [6.07, 6.45) is 0. The van der Waals surface area contributed by atoms with Crippen molar-refractivity contribution in [2.45, 2.75) is 0 Å². The Kier molecular flexibility index (Phi) is 3.31. The second kappa shape index (κ2) is 4.27. The van der Waals surface area contributed by atoms with Gasteiger partial charge in [0, 0.05) is 26.8 Å². The summed E-state index contributed by atoms with van der Waals surface area (Å²) < 4.78 is 8.93. The number of anilines is 2. The minimum atomic E-state index is 0.583. The highest BCUT2D eigenvalue weighted by Gasteiger charge is 2.03. The summed E-state index contributed by atoms with van der Waals surface area (Å²) in [5.74, 6) is 0.583. The van der Waals surface area contributed by atoms with Crippen molar-refractivity contribution < 1.29 is 4.74 Å². The number of nitrogens with two attached hydrogens (primary N) is 1. The monoisotopic (exact) mass is 187 g/mol. The van der Waals surface area contributed by atoms with Crippen molar-refractivity contribution in [3.8, 4) is 0 Å². The molecule has 0 bridgehead atoms. The molecule has 12 heavy (non-hydrogen) atoms. The fourth-order valence-electron chi connectivity index (χ4n) is 0.797. The number of ether oxygens (including phenoxy) is 1. The second-order valence-electron chi connectivity index (χ2n) is 2.50. The quantitative estimate of drug-likeness (QED) is 0.757. The van der Waals surface area contributed by atoms with Crippen LogP contribution >= 0.6 is 11.5 Å². The lowest BCUT2D eigenvalue weighted by Gasteiger charge is -2.14. The van der Waals surface area contributed by atoms with Crippen LogP contribution < -0.4 is 10.6 Å². The lowest BCUT2D eigenvalue weighted by Crippen LogP contribution is -2.20. The van der Waals surface area contributed by atoms with Gasteiger partial charge in [-0.25, -0.2) is 0 Å². The third-order valence-corrected chi connectivity index (χ3v) is 2.44. The fourth-order valence-corrected chi connectivity index (χ4v) is 1.45. The van der Waals surface area contributed by atoms with E-state index in [0.29, 0.717) is 12.4 Å². The van der Waals surface area contributed by atoms with Crippen molar-refractivity contribution in [1.29, 1.82) is 0 Å². The molecule has 68 valence electrons. The highest BCUT2D eigenvalue weighted by Crippen LogP contribution is 2.20. The van der Waals surface area contributed by atoms with E-state index in [9.17, 15) is 0 Å². The number of hydrogen-bond acceptors (Lipinski definition) is 5. The first-order valence-electron chi connectivity index (χ1n) is 3.66. The molecule has 0 aromatic carbocycles. The van der Waals surface area contributed by atoms with Gasteiger partial charge in [0.1, 0.15) is 10.8 Å².